The smallest absolute Gasteiger partial charge is 0.0594 e. The molecule has 0 atom stereocenters. The first-order chi connectivity index (χ1) is 6.84. The van der Waals surface area contributed by atoms with Gasteiger partial charge in [-0.05, 0) is 31.6 Å². The third-order valence-electron chi connectivity index (χ3n) is 3.44. The lowest BCUT2D eigenvalue weighted by atomic mass is 9.87. The van der Waals surface area contributed by atoms with Gasteiger partial charge in [-0.15, -0.1) is 0 Å². The van der Waals surface area contributed by atoms with E-state index in [1.807, 2.05) is 0 Å². The molecule has 1 N–H and O–H groups in total. The highest BCUT2D eigenvalue weighted by molar-refractivity contribution is 4.75. The van der Waals surface area contributed by atoms with Crippen molar-refractivity contribution in [2.45, 2.75) is 31.8 Å². The molecule has 0 unspecified atom stereocenters. The van der Waals surface area contributed by atoms with Gasteiger partial charge in [-0.2, -0.15) is 0 Å². The lowest BCUT2D eigenvalue weighted by Crippen LogP contribution is -2.40. The van der Waals surface area contributed by atoms with Crippen LogP contribution in [-0.4, -0.2) is 49.0 Å². The van der Waals surface area contributed by atoms with E-state index in [9.17, 15) is 5.11 Å². The van der Waals surface area contributed by atoms with E-state index < -0.39 is 0 Å². The van der Waals surface area contributed by atoms with Crippen LogP contribution in [0, 0.1) is 5.92 Å². The molecular formula is C11H21NO2. The average molecular weight is 199 g/mol. The van der Waals surface area contributed by atoms with Crippen molar-refractivity contribution in [1.82, 2.24) is 4.90 Å². The molecule has 1 aliphatic heterocycles. The van der Waals surface area contributed by atoms with Gasteiger partial charge in [0.15, 0.2) is 0 Å². The Hall–Kier alpha value is -0.120. The van der Waals surface area contributed by atoms with Crippen LogP contribution in [0.4, 0.5) is 0 Å². The molecule has 0 aromatic carbocycles. The number of rotatable bonds is 2. The summed E-state index contributed by atoms with van der Waals surface area (Å²) in [6, 6.07) is 0. The molecule has 14 heavy (non-hydrogen) atoms. The molecule has 2 fully saturated rings. The Morgan fingerprint density at radius 1 is 1.07 bits per heavy atom. The highest BCUT2D eigenvalue weighted by Crippen LogP contribution is 2.25. The Balaban J connectivity index is 1.68. The van der Waals surface area contributed by atoms with E-state index in [0.29, 0.717) is 0 Å². The van der Waals surface area contributed by atoms with Crippen LogP contribution in [0.15, 0.2) is 0 Å². The van der Waals surface area contributed by atoms with E-state index in [0.717, 1.165) is 45.1 Å². The predicted octanol–water partition coefficient (Wildman–Crippen LogP) is 0.870. The molecule has 0 aromatic heterocycles. The number of hydrogen-bond donors (Lipinski definition) is 1. The average Bonchev–Trinajstić information content (AvgIpc) is 2.23. The second kappa shape index (κ2) is 5.10. The van der Waals surface area contributed by atoms with Gasteiger partial charge in [0.25, 0.3) is 0 Å². The summed E-state index contributed by atoms with van der Waals surface area (Å²) in [5, 5.41) is 9.40. The Labute approximate surface area is 86.0 Å². The summed E-state index contributed by atoms with van der Waals surface area (Å²) in [4.78, 5) is 2.51. The molecule has 1 aliphatic carbocycles. The second-order valence-corrected chi connectivity index (χ2v) is 4.59. The zero-order chi connectivity index (χ0) is 9.80. The fourth-order valence-electron chi connectivity index (χ4n) is 2.48. The number of aliphatic hydroxyl groups excluding tert-OH is 1. The molecule has 3 heteroatoms. The Bertz CT molecular complexity index is 161. The molecule has 82 valence electrons. The number of morpholine rings is 1. The van der Waals surface area contributed by atoms with Gasteiger partial charge in [-0.1, -0.05) is 0 Å². The van der Waals surface area contributed by atoms with Crippen LogP contribution >= 0.6 is 0 Å². The van der Waals surface area contributed by atoms with E-state index >= 15 is 0 Å². The van der Waals surface area contributed by atoms with Gasteiger partial charge < -0.3 is 9.84 Å². The summed E-state index contributed by atoms with van der Waals surface area (Å²) < 4.78 is 5.32. The number of ether oxygens (including phenoxy) is 1. The third kappa shape index (κ3) is 2.94. The molecule has 1 heterocycles. The molecule has 0 radical (unpaired) electrons. The molecule has 0 amide bonds. The third-order valence-corrected chi connectivity index (χ3v) is 3.44. The van der Waals surface area contributed by atoms with Crippen LogP contribution in [0.3, 0.4) is 0 Å². The van der Waals surface area contributed by atoms with Crippen molar-refractivity contribution >= 4 is 0 Å². The minimum Gasteiger partial charge on any atom is -0.393 e. The van der Waals surface area contributed by atoms with E-state index in [-0.39, 0.29) is 6.10 Å². The van der Waals surface area contributed by atoms with Crippen LogP contribution in [0.1, 0.15) is 25.7 Å². The Morgan fingerprint density at radius 3 is 2.36 bits per heavy atom. The lowest BCUT2D eigenvalue weighted by molar-refractivity contribution is 0.0217. The van der Waals surface area contributed by atoms with Gasteiger partial charge in [0.1, 0.15) is 0 Å². The zero-order valence-corrected chi connectivity index (χ0v) is 8.82. The Kier molecular flexibility index (Phi) is 3.79. The summed E-state index contributed by atoms with van der Waals surface area (Å²) in [7, 11) is 0. The van der Waals surface area contributed by atoms with Crippen molar-refractivity contribution in [1.29, 1.82) is 0 Å². The number of hydrogen-bond acceptors (Lipinski definition) is 3. The van der Waals surface area contributed by atoms with Crippen LogP contribution in [0.2, 0.25) is 0 Å². The van der Waals surface area contributed by atoms with E-state index in [2.05, 4.69) is 4.90 Å². The monoisotopic (exact) mass is 199 g/mol. The maximum atomic E-state index is 9.40. The normalized spacial score (nSPS) is 35.8. The molecule has 1 saturated carbocycles. The maximum Gasteiger partial charge on any atom is 0.0594 e. The van der Waals surface area contributed by atoms with Gasteiger partial charge in [0.05, 0.1) is 19.3 Å². The first kappa shape index (κ1) is 10.4. The maximum absolute atomic E-state index is 9.40. The highest BCUT2D eigenvalue weighted by Gasteiger charge is 2.22. The predicted molar refractivity (Wildman–Crippen MR) is 55.2 cm³/mol. The summed E-state index contributed by atoms with van der Waals surface area (Å²) in [5.74, 6) is 0.816. The molecule has 2 aliphatic rings. The second-order valence-electron chi connectivity index (χ2n) is 4.59. The van der Waals surface area contributed by atoms with E-state index in [1.165, 1.54) is 19.4 Å². The highest BCUT2D eigenvalue weighted by atomic mass is 16.5. The van der Waals surface area contributed by atoms with E-state index in [1.54, 1.807) is 0 Å². The van der Waals surface area contributed by atoms with Crippen molar-refractivity contribution in [3.8, 4) is 0 Å². The minimum atomic E-state index is -0.0176. The first-order valence-corrected chi connectivity index (χ1v) is 5.83. The summed E-state index contributed by atoms with van der Waals surface area (Å²) in [6.45, 7) is 5.21. The lowest BCUT2D eigenvalue weighted by Gasteiger charge is -2.33. The molecule has 1 saturated heterocycles. The molecular weight excluding hydrogens is 178 g/mol. The summed E-state index contributed by atoms with van der Waals surface area (Å²) in [5.41, 5.74) is 0. The van der Waals surface area contributed by atoms with Gasteiger partial charge in [0.2, 0.25) is 0 Å². The minimum absolute atomic E-state index is 0.0176. The standard InChI is InChI=1S/C11H21NO2/c13-11-3-1-10(2-4-11)9-12-5-7-14-8-6-12/h10-11,13H,1-9H2. The topological polar surface area (TPSA) is 32.7 Å². The SMILES string of the molecule is OC1CCC(CN2CCOCC2)CC1. The van der Waals surface area contributed by atoms with Crippen molar-refractivity contribution in [3.63, 3.8) is 0 Å². The first-order valence-electron chi connectivity index (χ1n) is 5.83. The molecule has 0 bridgehead atoms. The zero-order valence-electron chi connectivity index (χ0n) is 8.82. The van der Waals surface area contributed by atoms with Gasteiger partial charge in [0, 0.05) is 19.6 Å². The quantitative estimate of drug-likeness (QED) is 0.716. The number of aliphatic hydroxyl groups is 1. The van der Waals surface area contributed by atoms with Crippen molar-refractivity contribution in [2.75, 3.05) is 32.8 Å². The molecule has 0 aromatic rings. The fourth-order valence-corrected chi connectivity index (χ4v) is 2.48. The van der Waals surface area contributed by atoms with E-state index in [4.69, 9.17) is 4.74 Å². The molecule has 0 spiro atoms. The Morgan fingerprint density at radius 2 is 1.71 bits per heavy atom. The summed E-state index contributed by atoms with van der Waals surface area (Å²) >= 11 is 0. The van der Waals surface area contributed by atoms with Gasteiger partial charge in [-0.25, -0.2) is 0 Å². The molecule has 3 nitrogen and oxygen atoms in total. The van der Waals surface area contributed by atoms with Crippen LogP contribution in [0.5, 0.6) is 0 Å². The van der Waals surface area contributed by atoms with Crippen LogP contribution < -0.4 is 0 Å². The largest absolute Gasteiger partial charge is 0.393 e. The van der Waals surface area contributed by atoms with Gasteiger partial charge >= 0.3 is 0 Å². The fraction of sp³-hybridized carbons (Fsp3) is 1.00. The summed E-state index contributed by atoms with van der Waals surface area (Å²) in [6.07, 6.45) is 4.41. The van der Waals surface area contributed by atoms with Crippen LogP contribution in [-0.2, 0) is 4.74 Å². The van der Waals surface area contributed by atoms with Gasteiger partial charge in [-0.3, -0.25) is 4.90 Å². The van der Waals surface area contributed by atoms with Crippen LogP contribution in [0.25, 0.3) is 0 Å². The number of nitrogens with zero attached hydrogens (tertiary/aromatic N) is 1. The van der Waals surface area contributed by atoms with Crippen molar-refractivity contribution in [2.24, 2.45) is 5.92 Å². The van der Waals surface area contributed by atoms with Crippen molar-refractivity contribution < 1.29 is 9.84 Å². The molecule has 2 rings (SSSR count). The van der Waals surface area contributed by atoms with Crippen molar-refractivity contribution in [3.05, 3.63) is 0 Å².